The van der Waals surface area contributed by atoms with E-state index in [0.29, 0.717) is 42.4 Å². The first-order valence-electron chi connectivity index (χ1n) is 11.8. The molecule has 1 aliphatic heterocycles. The van der Waals surface area contributed by atoms with Crippen LogP contribution >= 0.6 is 0 Å². The molecule has 3 rings (SSSR count). The van der Waals surface area contributed by atoms with Crippen molar-refractivity contribution in [2.45, 2.75) is 51.9 Å². The average molecular weight is 486 g/mol. The summed E-state index contributed by atoms with van der Waals surface area (Å²) in [6.45, 7) is 9.48. The number of hydrogen-bond acceptors (Lipinski definition) is 4. The van der Waals surface area contributed by atoms with Crippen LogP contribution in [0.2, 0.25) is 0 Å². The van der Waals surface area contributed by atoms with Crippen LogP contribution < -0.4 is 10.0 Å². The molecule has 1 fully saturated rings. The van der Waals surface area contributed by atoms with Gasteiger partial charge in [-0.15, -0.1) is 0 Å². The molecular formula is C26H35N3O4S. The van der Waals surface area contributed by atoms with Crippen LogP contribution in [0, 0.1) is 25.7 Å². The van der Waals surface area contributed by atoms with E-state index in [-0.39, 0.29) is 22.6 Å². The van der Waals surface area contributed by atoms with Gasteiger partial charge in [0.2, 0.25) is 5.91 Å². The van der Waals surface area contributed by atoms with Gasteiger partial charge in [-0.2, -0.15) is 0 Å². The molecule has 184 valence electrons. The third kappa shape index (κ3) is 6.59. The van der Waals surface area contributed by atoms with Crippen LogP contribution in [-0.2, 0) is 14.8 Å². The van der Waals surface area contributed by atoms with Crippen LogP contribution in [0.3, 0.4) is 0 Å². The molecule has 7 nitrogen and oxygen atoms in total. The van der Waals surface area contributed by atoms with E-state index >= 15 is 0 Å². The maximum atomic E-state index is 13.2. The van der Waals surface area contributed by atoms with Crippen molar-refractivity contribution in [1.29, 1.82) is 0 Å². The standard InChI is InChI=1S/C26H35N3O4S/c1-18(2)12-13-27-25(30)22-8-6-14-29(17-22)26(31)21-7-5-9-23(16-21)28-34(32,33)24-11-10-19(3)15-20(24)4/h5,7,9-11,15-16,18,22,28H,6,8,12-14,17H2,1-4H3,(H,27,30). The van der Waals surface area contributed by atoms with Crippen molar-refractivity contribution >= 4 is 27.5 Å². The topological polar surface area (TPSA) is 95.6 Å². The van der Waals surface area contributed by atoms with Crippen LogP contribution in [0.25, 0.3) is 0 Å². The van der Waals surface area contributed by atoms with E-state index in [4.69, 9.17) is 0 Å². The van der Waals surface area contributed by atoms with Gasteiger partial charge < -0.3 is 10.2 Å². The smallest absolute Gasteiger partial charge is 0.262 e. The first-order chi connectivity index (χ1) is 16.1. The molecule has 1 saturated heterocycles. The maximum absolute atomic E-state index is 13.2. The Morgan fingerprint density at radius 1 is 1.12 bits per heavy atom. The van der Waals surface area contributed by atoms with E-state index in [1.54, 1.807) is 48.2 Å². The maximum Gasteiger partial charge on any atom is 0.262 e. The Balaban J connectivity index is 1.69. The lowest BCUT2D eigenvalue weighted by molar-refractivity contribution is -0.126. The highest BCUT2D eigenvalue weighted by atomic mass is 32.2. The lowest BCUT2D eigenvalue weighted by Crippen LogP contribution is -2.45. The van der Waals surface area contributed by atoms with E-state index in [2.05, 4.69) is 23.9 Å². The van der Waals surface area contributed by atoms with Gasteiger partial charge in [-0.3, -0.25) is 14.3 Å². The predicted molar refractivity (Wildman–Crippen MR) is 134 cm³/mol. The second-order valence-electron chi connectivity index (χ2n) is 9.52. The summed E-state index contributed by atoms with van der Waals surface area (Å²) in [4.78, 5) is 27.6. The number of amides is 2. The number of nitrogens with one attached hydrogen (secondary N) is 2. The summed E-state index contributed by atoms with van der Waals surface area (Å²) < 4.78 is 28.4. The summed E-state index contributed by atoms with van der Waals surface area (Å²) in [5.41, 5.74) is 2.36. The monoisotopic (exact) mass is 485 g/mol. The summed E-state index contributed by atoms with van der Waals surface area (Å²) in [5, 5.41) is 2.99. The minimum atomic E-state index is -3.79. The lowest BCUT2D eigenvalue weighted by Gasteiger charge is -2.32. The second kappa shape index (κ2) is 11.0. The van der Waals surface area contributed by atoms with Crippen LogP contribution in [-0.4, -0.2) is 44.8 Å². The SMILES string of the molecule is Cc1ccc(S(=O)(=O)Nc2cccc(C(=O)N3CCCC(C(=O)NCCC(C)C)C3)c2)c(C)c1. The van der Waals surface area contributed by atoms with Crippen LogP contribution in [0.15, 0.2) is 47.4 Å². The zero-order chi connectivity index (χ0) is 24.9. The zero-order valence-electron chi connectivity index (χ0n) is 20.4. The lowest BCUT2D eigenvalue weighted by atomic mass is 9.96. The molecule has 2 aromatic rings. The van der Waals surface area contributed by atoms with Gasteiger partial charge in [0, 0.05) is 30.9 Å². The number of carbonyl (C=O) groups excluding carboxylic acids is 2. The molecule has 1 aliphatic rings. The van der Waals surface area contributed by atoms with Crippen LogP contribution in [0.5, 0.6) is 0 Å². The highest BCUT2D eigenvalue weighted by Crippen LogP contribution is 2.23. The van der Waals surface area contributed by atoms with Gasteiger partial charge in [0.1, 0.15) is 0 Å². The van der Waals surface area contributed by atoms with E-state index in [0.717, 1.165) is 24.8 Å². The summed E-state index contributed by atoms with van der Waals surface area (Å²) in [5.74, 6) is 0.0841. The normalized spacial score (nSPS) is 16.4. The van der Waals surface area contributed by atoms with Crippen molar-refractivity contribution in [1.82, 2.24) is 10.2 Å². The van der Waals surface area contributed by atoms with Crippen LogP contribution in [0.1, 0.15) is 54.6 Å². The Morgan fingerprint density at radius 3 is 2.59 bits per heavy atom. The number of anilines is 1. The van der Waals surface area contributed by atoms with Gasteiger partial charge in [0.15, 0.2) is 0 Å². The predicted octanol–water partition coefficient (Wildman–Crippen LogP) is 4.12. The van der Waals surface area contributed by atoms with Crippen molar-refractivity contribution in [3.8, 4) is 0 Å². The second-order valence-corrected chi connectivity index (χ2v) is 11.2. The van der Waals surface area contributed by atoms with Crippen molar-refractivity contribution in [2.75, 3.05) is 24.4 Å². The van der Waals surface area contributed by atoms with E-state index < -0.39 is 10.0 Å². The number of hydrogen-bond donors (Lipinski definition) is 2. The Morgan fingerprint density at radius 2 is 1.88 bits per heavy atom. The fourth-order valence-electron chi connectivity index (χ4n) is 4.21. The molecule has 0 bridgehead atoms. The molecule has 0 spiro atoms. The number of benzene rings is 2. The molecule has 2 amide bonds. The Hall–Kier alpha value is -2.87. The summed E-state index contributed by atoms with van der Waals surface area (Å²) in [7, 11) is -3.79. The summed E-state index contributed by atoms with van der Waals surface area (Å²) in [6.07, 6.45) is 2.44. The van der Waals surface area contributed by atoms with Gasteiger partial charge in [-0.05, 0) is 68.9 Å². The minimum Gasteiger partial charge on any atom is -0.356 e. The number of sulfonamides is 1. The minimum absolute atomic E-state index is 0.00636. The molecule has 34 heavy (non-hydrogen) atoms. The fourth-order valence-corrected chi connectivity index (χ4v) is 5.49. The molecule has 0 saturated carbocycles. The van der Waals surface area contributed by atoms with Gasteiger partial charge in [0.05, 0.1) is 10.8 Å². The zero-order valence-corrected chi connectivity index (χ0v) is 21.2. The Bertz CT molecular complexity index is 1140. The first-order valence-corrected chi connectivity index (χ1v) is 13.3. The highest BCUT2D eigenvalue weighted by molar-refractivity contribution is 7.92. The number of piperidine rings is 1. The quantitative estimate of drug-likeness (QED) is 0.588. The van der Waals surface area contributed by atoms with E-state index in [1.165, 1.54) is 0 Å². The van der Waals surface area contributed by atoms with Crippen LogP contribution in [0.4, 0.5) is 5.69 Å². The molecule has 1 heterocycles. The van der Waals surface area contributed by atoms with E-state index in [9.17, 15) is 18.0 Å². The molecule has 8 heteroatoms. The fraction of sp³-hybridized carbons (Fsp3) is 0.462. The molecule has 1 unspecified atom stereocenters. The number of aryl methyl sites for hydroxylation is 2. The largest absolute Gasteiger partial charge is 0.356 e. The van der Waals surface area contributed by atoms with Gasteiger partial charge in [-0.1, -0.05) is 37.6 Å². The number of nitrogens with zero attached hydrogens (tertiary/aromatic N) is 1. The molecular weight excluding hydrogens is 450 g/mol. The highest BCUT2D eigenvalue weighted by Gasteiger charge is 2.29. The van der Waals surface area contributed by atoms with Crippen molar-refractivity contribution in [3.05, 3.63) is 59.2 Å². The van der Waals surface area contributed by atoms with Gasteiger partial charge in [-0.25, -0.2) is 8.42 Å². The van der Waals surface area contributed by atoms with E-state index in [1.807, 2.05) is 13.0 Å². The molecule has 1 atom stereocenters. The van der Waals surface area contributed by atoms with Crippen molar-refractivity contribution < 1.29 is 18.0 Å². The van der Waals surface area contributed by atoms with Gasteiger partial charge >= 0.3 is 0 Å². The average Bonchev–Trinajstić information content (AvgIpc) is 2.78. The van der Waals surface area contributed by atoms with Crippen molar-refractivity contribution in [3.63, 3.8) is 0 Å². The third-order valence-corrected chi connectivity index (χ3v) is 7.62. The number of rotatable bonds is 8. The number of carbonyl (C=O) groups is 2. The number of likely N-dealkylation sites (tertiary alicyclic amines) is 1. The Labute approximate surface area is 203 Å². The molecule has 2 aromatic carbocycles. The molecule has 0 radical (unpaired) electrons. The molecule has 0 aromatic heterocycles. The molecule has 0 aliphatic carbocycles. The van der Waals surface area contributed by atoms with Gasteiger partial charge in [0.25, 0.3) is 15.9 Å². The summed E-state index contributed by atoms with van der Waals surface area (Å²) >= 11 is 0. The first kappa shape index (κ1) is 25.7. The Kier molecular flexibility index (Phi) is 8.36. The third-order valence-electron chi connectivity index (χ3n) is 6.08. The molecule has 2 N–H and O–H groups in total. The summed E-state index contributed by atoms with van der Waals surface area (Å²) in [6, 6.07) is 11.7. The van der Waals surface area contributed by atoms with Crippen molar-refractivity contribution in [2.24, 2.45) is 11.8 Å².